The zero-order valence-electron chi connectivity index (χ0n) is 13.8. The summed E-state index contributed by atoms with van der Waals surface area (Å²) in [6.07, 6.45) is 7.85. The van der Waals surface area contributed by atoms with E-state index in [4.69, 9.17) is 4.74 Å². The van der Waals surface area contributed by atoms with Gasteiger partial charge in [-0.2, -0.15) is 5.10 Å². The van der Waals surface area contributed by atoms with Crippen LogP contribution < -0.4 is 4.74 Å². The molecule has 24 heavy (non-hydrogen) atoms. The molecule has 0 saturated carbocycles. The predicted octanol–water partition coefficient (Wildman–Crippen LogP) is 2.64. The third-order valence-electron chi connectivity index (χ3n) is 5.19. The van der Waals surface area contributed by atoms with Crippen molar-refractivity contribution < 1.29 is 9.53 Å². The summed E-state index contributed by atoms with van der Waals surface area (Å²) in [5.41, 5.74) is 1.75. The van der Waals surface area contributed by atoms with Gasteiger partial charge in [-0.3, -0.25) is 14.9 Å². The standard InChI is InChI=1S/C18H22N4O2/c1-12(23)22-14-2-3-15(22)9-13(8-14)11-24-16-4-5-17(19-10-16)18-6-7-20-21-18/h4-7,10,13-15H,2-3,8-9,11H2,1H3,(H,20,21). The molecule has 2 unspecified atom stereocenters. The van der Waals surface area contributed by atoms with E-state index in [1.165, 1.54) is 0 Å². The molecular formula is C18H22N4O2. The Morgan fingerprint density at radius 3 is 2.67 bits per heavy atom. The number of nitrogens with zero attached hydrogens (tertiary/aromatic N) is 3. The smallest absolute Gasteiger partial charge is 0.219 e. The number of pyridine rings is 1. The number of fused-ring (bicyclic) bond motifs is 2. The highest BCUT2D eigenvalue weighted by atomic mass is 16.5. The minimum absolute atomic E-state index is 0.223. The number of aromatic nitrogens is 3. The molecule has 0 spiro atoms. The van der Waals surface area contributed by atoms with Gasteiger partial charge in [0, 0.05) is 25.2 Å². The Morgan fingerprint density at radius 2 is 2.08 bits per heavy atom. The maximum absolute atomic E-state index is 11.8. The van der Waals surface area contributed by atoms with Gasteiger partial charge in [-0.05, 0) is 49.8 Å². The van der Waals surface area contributed by atoms with Crippen molar-refractivity contribution in [3.8, 4) is 17.1 Å². The first-order chi connectivity index (χ1) is 11.7. The topological polar surface area (TPSA) is 71.1 Å². The SMILES string of the molecule is CC(=O)N1C2CCC1CC(COc1ccc(-c3ccn[nH]3)nc1)C2. The molecule has 2 bridgehead atoms. The van der Waals surface area contributed by atoms with E-state index in [1.54, 1.807) is 19.3 Å². The van der Waals surface area contributed by atoms with E-state index < -0.39 is 0 Å². The van der Waals surface area contributed by atoms with E-state index in [-0.39, 0.29) is 5.91 Å². The molecule has 1 N–H and O–H groups in total. The number of amides is 1. The summed E-state index contributed by atoms with van der Waals surface area (Å²) in [6.45, 7) is 2.39. The molecule has 2 aromatic rings. The molecule has 4 rings (SSSR count). The van der Waals surface area contributed by atoms with Gasteiger partial charge in [0.25, 0.3) is 0 Å². The van der Waals surface area contributed by atoms with Crippen molar-refractivity contribution in [2.24, 2.45) is 5.92 Å². The Hall–Kier alpha value is -2.37. The van der Waals surface area contributed by atoms with E-state index in [2.05, 4.69) is 20.1 Å². The summed E-state index contributed by atoms with van der Waals surface area (Å²) in [7, 11) is 0. The molecule has 1 amide bonds. The van der Waals surface area contributed by atoms with Gasteiger partial charge in [0.2, 0.25) is 5.91 Å². The van der Waals surface area contributed by atoms with Crippen molar-refractivity contribution in [1.29, 1.82) is 0 Å². The second kappa shape index (κ2) is 6.26. The average Bonchev–Trinajstić information content (AvgIpc) is 3.20. The van der Waals surface area contributed by atoms with E-state index >= 15 is 0 Å². The molecule has 2 fully saturated rings. The minimum Gasteiger partial charge on any atom is -0.492 e. The van der Waals surface area contributed by atoms with E-state index in [1.807, 2.05) is 18.2 Å². The number of carbonyl (C=O) groups is 1. The third-order valence-corrected chi connectivity index (χ3v) is 5.19. The molecule has 2 aliphatic heterocycles. The number of nitrogens with one attached hydrogen (secondary N) is 1. The van der Waals surface area contributed by atoms with Gasteiger partial charge in [0.05, 0.1) is 24.2 Å². The van der Waals surface area contributed by atoms with Gasteiger partial charge in [0.1, 0.15) is 5.75 Å². The second-order valence-corrected chi connectivity index (χ2v) is 6.81. The highest BCUT2D eigenvalue weighted by molar-refractivity contribution is 5.74. The fourth-order valence-electron chi connectivity index (χ4n) is 4.18. The Morgan fingerprint density at radius 1 is 1.29 bits per heavy atom. The second-order valence-electron chi connectivity index (χ2n) is 6.81. The predicted molar refractivity (Wildman–Crippen MR) is 89.4 cm³/mol. The van der Waals surface area contributed by atoms with Crippen LogP contribution in [0.25, 0.3) is 11.4 Å². The van der Waals surface area contributed by atoms with Crippen molar-refractivity contribution in [2.45, 2.75) is 44.7 Å². The molecule has 126 valence electrons. The number of carbonyl (C=O) groups excluding carboxylic acids is 1. The van der Waals surface area contributed by atoms with Crippen LogP contribution in [0.3, 0.4) is 0 Å². The van der Waals surface area contributed by atoms with Crippen LogP contribution in [0.4, 0.5) is 0 Å². The van der Waals surface area contributed by atoms with Crippen LogP contribution in [-0.2, 0) is 4.79 Å². The van der Waals surface area contributed by atoms with Crippen molar-refractivity contribution in [2.75, 3.05) is 6.61 Å². The summed E-state index contributed by atoms with van der Waals surface area (Å²) < 4.78 is 5.95. The first-order valence-electron chi connectivity index (χ1n) is 8.58. The Balaban J connectivity index is 1.34. The van der Waals surface area contributed by atoms with Crippen molar-refractivity contribution in [3.05, 3.63) is 30.6 Å². The van der Waals surface area contributed by atoms with Crippen LogP contribution in [0.15, 0.2) is 30.6 Å². The number of hydrogen-bond acceptors (Lipinski definition) is 4. The zero-order chi connectivity index (χ0) is 16.5. The lowest BCUT2D eigenvalue weighted by Crippen LogP contribution is -2.46. The lowest BCUT2D eigenvalue weighted by molar-refractivity contribution is -0.134. The number of ether oxygens (including phenoxy) is 1. The lowest BCUT2D eigenvalue weighted by Gasteiger charge is -2.38. The van der Waals surface area contributed by atoms with Crippen molar-refractivity contribution in [3.63, 3.8) is 0 Å². The Labute approximate surface area is 141 Å². The van der Waals surface area contributed by atoms with Gasteiger partial charge < -0.3 is 9.64 Å². The highest BCUT2D eigenvalue weighted by Gasteiger charge is 2.42. The molecule has 2 atom stereocenters. The fraction of sp³-hybridized carbons (Fsp3) is 0.500. The molecule has 6 nitrogen and oxygen atoms in total. The third kappa shape index (κ3) is 2.88. The fourth-order valence-corrected chi connectivity index (χ4v) is 4.18. The van der Waals surface area contributed by atoms with Crippen LogP contribution in [0.5, 0.6) is 5.75 Å². The minimum atomic E-state index is 0.223. The van der Waals surface area contributed by atoms with E-state index in [0.29, 0.717) is 24.6 Å². The summed E-state index contributed by atoms with van der Waals surface area (Å²) in [5.74, 6) is 1.53. The number of H-pyrrole nitrogens is 1. The number of aromatic amines is 1. The summed E-state index contributed by atoms with van der Waals surface area (Å²) in [4.78, 5) is 18.3. The van der Waals surface area contributed by atoms with E-state index in [9.17, 15) is 4.79 Å². The zero-order valence-corrected chi connectivity index (χ0v) is 13.8. The quantitative estimate of drug-likeness (QED) is 0.937. The summed E-state index contributed by atoms with van der Waals surface area (Å²) in [6, 6.07) is 6.60. The van der Waals surface area contributed by atoms with Crippen LogP contribution in [0.1, 0.15) is 32.6 Å². The molecule has 0 aliphatic carbocycles. The van der Waals surface area contributed by atoms with Gasteiger partial charge in [0.15, 0.2) is 0 Å². The van der Waals surface area contributed by atoms with Crippen LogP contribution in [0, 0.1) is 5.92 Å². The Bertz CT molecular complexity index is 684. The molecule has 2 aliphatic rings. The monoisotopic (exact) mass is 326 g/mol. The van der Waals surface area contributed by atoms with E-state index in [0.717, 1.165) is 42.8 Å². The normalized spacial score (nSPS) is 25.7. The molecule has 0 radical (unpaired) electrons. The number of piperidine rings is 1. The number of hydrogen-bond donors (Lipinski definition) is 1. The molecule has 0 aromatic carbocycles. The van der Waals surface area contributed by atoms with Crippen LogP contribution in [-0.4, -0.2) is 44.7 Å². The summed E-state index contributed by atoms with van der Waals surface area (Å²) >= 11 is 0. The maximum Gasteiger partial charge on any atom is 0.219 e. The average molecular weight is 326 g/mol. The largest absolute Gasteiger partial charge is 0.492 e. The first kappa shape index (κ1) is 15.2. The Kier molecular flexibility index (Phi) is 3.96. The molecule has 2 aromatic heterocycles. The highest BCUT2D eigenvalue weighted by Crippen LogP contribution is 2.38. The first-order valence-corrected chi connectivity index (χ1v) is 8.58. The van der Waals surface area contributed by atoms with Crippen molar-refractivity contribution in [1.82, 2.24) is 20.1 Å². The molecule has 4 heterocycles. The molecular weight excluding hydrogens is 304 g/mol. The maximum atomic E-state index is 11.8. The molecule has 2 saturated heterocycles. The lowest BCUT2D eigenvalue weighted by atomic mass is 9.91. The van der Waals surface area contributed by atoms with Crippen LogP contribution >= 0.6 is 0 Å². The molecule has 6 heteroatoms. The van der Waals surface area contributed by atoms with Gasteiger partial charge in [-0.1, -0.05) is 0 Å². The van der Waals surface area contributed by atoms with Crippen molar-refractivity contribution >= 4 is 5.91 Å². The van der Waals surface area contributed by atoms with Gasteiger partial charge in [-0.25, -0.2) is 0 Å². The summed E-state index contributed by atoms with van der Waals surface area (Å²) in [5, 5.41) is 6.83. The van der Waals surface area contributed by atoms with Gasteiger partial charge in [-0.15, -0.1) is 0 Å². The van der Waals surface area contributed by atoms with Gasteiger partial charge >= 0.3 is 0 Å². The number of rotatable bonds is 4. The van der Waals surface area contributed by atoms with Crippen LogP contribution in [0.2, 0.25) is 0 Å².